The zero-order valence-electron chi connectivity index (χ0n) is 15.2. The van der Waals surface area contributed by atoms with Crippen molar-refractivity contribution >= 4 is 34.4 Å². The topological polar surface area (TPSA) is 68.5 Å². The van der Waals surface area contributed by atoms with E-state index in [1.165, 1.54) is 0 Å². The maximum atomic E-state index is 12.1. The van der Waals surface area contributed by atoms with Crippen molar-refractivity contribution in [3.05, 3.63) is 69.9 Å². The molecule has 140 valence electrons. The second-order valence-corrected chi connectivity index (χ2v) is 6.74. The monoisotopic (exact) mass is 385 g/mol. The van der Waals surface area contributed by atoms with E-state index in [9.17, 15) is 14.7 Å². The Hall–Kier alpha value is -2.79. The maximum Gasteiger partial charge on any atom is 0.338 e. The molecule has 3 rings (SSSR count). The SMILES string of the molecule is CCOC(=O)c1ccc2c(c1)c(CC(=O)O)c(C)n2Cc1cccc(Cl)c1. The maximum absolute atomic E-state index is 12.1. The number of carbonyl (C=O) groups is 2. The molecule has 0 saturated heterocycles. The Morgan fingerprint density at radius 2 is 1.96 bits per heavy atom. The molecule has 0 spiro atoms. The van der Waals surface area contributed by atoms with Gasteiger partial charge in [-0.1, -0.05) is 23.7 Å². The molecule has 1 heterocycles. The fourth-order valence-electron chi connectivity index (χ4n) is 3.29. The van der Waals surface area contributed by atoms with Crippen LogP contribution in [-0.2, 0) is 22.5 Å². The highest BCUT2D eigenvalue weighted by Crippen LogP contribution is 2.29. The van der Waals surface area contributed by atoms with Crippen LogP contribution < -0.4 is 0 Å². The van der Waals surface area contributed by atoms with Crippen molar-refractivity contribution in [1.29, 1.82) is 0 Å². The first-order valence-corrected chi connectivity index (χ1v) is 9.03. The number of halogens is 1. The number of benzene rings is 2. The number of aromatic nitrogens is 1. The fraction of sp³-hybridized carbons (Fsp3) is 0.238. The minimum atomic E-state index is -0.915. The van der Waals surface area contributed by atoms with Gasteiger partial charge in [0.15, 0.2) is 0 Å². The Morgan fingerprint density at radius 1 is 1.19 bits per heavy atom. The quantitative estimate of drug-likeness (QED) is 0.636. The number of esters is 1. The predicted molar refractivity (Wildman–Crippen MR) is 105 cm³/mol. The summed E-state index contributed by atoms with van der Waals surface area (Å²) in [6.07, 6.45) is -0.114. The van der Waals surface area contributed by atoms with Crippen LogP contribution in [0.4, 0.5) is 0 Å². The van der Waals surface area contributed by atoms with Gasteiger partial charge >= 0.3 is 11.9 Å². The number of carboxylic acids is 1. The van der Waals surface area contributed by atoms with E-state index in [-0.39, 0.29) is 13.0 Å². The molecule has 0 aliphatic heterocycles. The molecule has 5 nitrogen and oxygen atoms in total. The summed E-state index contributed by atoms with van der Waals surface area (Å²) in [6, 6.07) is 12.8. The van der Waals surface area contributed by atoms with Gasteiger partial charge in [0.25, 0.3) is 0 Å². The minimum absolute atomic E-state index is 0.114. The molecular weight excluding hydrogens is 366 g/mol. The lowest BCUT2D eigenvalue weighted by Crippen LogP contribution is -2.05. The molecule has 0 saturated carbocycles. The van der Waals surface area contributed by atoms with E-state index < -0.39 is 11.9 Å². The van der Waals surface area contributed by atoms with E-state index in [1.807, 2.05) is 41.8 Å². The zero-order chi connectivity index (χ0) is 19.6. The summed E-state index contributed by atoms with van der Waals surface area (Å²) in [6.45, 7) is 4.49. The third-order valence-corrected chi connectivity index (χ3v) is 4.76. The summed E-state index contributed by atoms with van der Waals surface area (Å²) < 4.78 is 7.12. The van der Waals surface area contributed by atoms with Crippen molar-refractivity contribution in [1.82, 2.24) is 4.57 Å². The van der Waals surface area contributed by atoms with Crippen LogP contribution in [-0.4, -0.2) is 28.2 Å². The second-order valence-electron chi connectivity index (χ2n) is 6.30. The Morgan fingerprint density at radius 3 is 2.63 bits per heavy atom. The normalized spacial score (nSPS) is 10.9. The largest absolute Gasteiger partial charge is 0.481 e. The second kappa shape index (κ2) is 7.84. The van der Waals surface area contributed by atoms with Crippen molar-refractivity contribution in [2.24, 2.45) is 0 Å². The predicted octanol–water partition coefficient (Wildman–Crippen LogP) is 4.46. The lowest BCUT2D eigenvalue weighted by Gasteiger charge is -2.09. The van der Waals surface area contributed by atoms with Crippen LogP contribution in [0.15, 0.2) is 42.5 Å². The number of carbonyl (C=O) groups excluding carboxylic acids is 1. The molecule has 1 aromatic heterocycles. The smallest absolute Gasteiger partial charge is 0.338 e. The molecule has 0 aliphatic carbocycles. The molecular formula is C21H20ClNO4. The average Bonchev–Trinajstić information content (AvgIpc) is 2.87. The van der Waals surface area contributed by atoms with E-state index in [0.29, 0.717) is 22.7 Å². The molecule has 0 unspecified atom stereocenters. The molecule has 0 amide bonds. The van der Waals surface area contributed by atoms with E-state index in [0.717, 1.165) is 22.2 Å². The molecule has 6 heteroatoms. The lowest BCUT2D eigenvalue weighted by molar-refractivity contribution is -0.136. The van der Waals surface area contributed by atoms with Gasteiger partial charge in [-0.25, -0.2) is 4.79 Å². The van der Waals surface area contributed by atoms with Crippen LogP contribution in [0.2, 0.25) is 5.02 Å². The minimum Gasteiger partial charge on any atom is -0.481 e. The molecule has 0 bridgehead atoms. The number of fused-ring (bicyclic) bond motifs is 1. The number of rotatable bonds is 6. The van der Waals surface area contributed by atoms with E-state index in [4.69, 9.17) is 16.3 Å². The molecule has 0 fully saturated rings. The van der Waals surface area contributed by atoms with Gasteiger partial charge in [-0.2, -0.15) is 0 Å². The number of hydrogen-bond donors (Lipinski definition) is 1. The summed E-state index contributed by atoms with van der Waals surface area (Å²) in [5.41, 5.74) is 3.85. The molecule has 2 aromatic carbocycles. The number of ether oxygens (including phenoxy) is 1. The van der Waals surface area contributed by atoms with Gasteiger partial charge in [-0.15, -0.1) is 0 Å². The molecule has 1 N–H and O–H groups in total. The van der Waals surface area contributed by atoms with Crippen molar-refractivity contribution in [3.63, 3.8) is 0 Å². The summed E-state index contributed by atoms with van der Waals surface area (Å²) in [7, 11) is 0. The van der Waals surface area contributed by atoms with Gasteiger partial charge in [0, 0.05) is 28.2 Å². The van der Waals surface area contributed by atoms with Crippen molar-refractivity contribution in [2.75, 3.05) is 6.61 Å². The van der Waals surface area contributed by atoms with Crippen molar-refractivity contribution < 1.29 is 19.4 Å². The van der Waals surface area contributed by atoms with Gasteiger partial charge in [0.2, 0.25) is 0 Å². The Bertz CT molecular complexity index is 1020. The molecule has 3 aromatic rings. The zero-order valence-corrected chi connectivity index (χ0v) is 15.9. The van der Waals surface area contributed by atoms with Crippen LogP contribution >= 0.6 is 11.6 Å². The van der Waals surface area contributed by atoms with Crippen LogP contribution in [0, 0.1) is 6.92 Å². The third kappa shape index (κ3) is 3.98. The summed E-state index contributed by atoms with van der Waals surface area (Å²) in [5, 5.41) is 10.7. The van der Waals surface area contributed by atoms with Gasteiger partial charge in [0.05, 0.1) is 18.6 Å². The summed E-state index contributed by atoms with van der Waals surface area (Å²) >= 11 is 6.09. The number of nitrogens with zero attached hydrogens (tertiary/aromatic N) is 1. The molecule has 0 atom stereocenters. The van der Waals surface area contributed by atoms with Gasteiger partial charge in [0.1, 0.15) is 0 Å². The first-order valence-electron chi connectivity index (χ1n) is 8.65. The number of hydrogen-bond acceptors (Lipinski definition) is 3. The van der Waals surface area contributed by atoms with E-state index in [2.05, 4.69) is 0 Å². The Kier molecular flexibility index (Phi) is 5.51. The fourth-order valence-corrected chi connectivity index (χ4v) is 3.50. The number of carboxylic acid groups (broad SMARTS) is 1. The number of aliphatic carboxylic acids is 1. The molecule has 27 heavy (non-hydrogen) atoms. The van der Waals surface area contributed by atoms with Gasteiger partial charge in [-0.05, 0) is 55.3 Å². The van der Waals surface area contributed by atoms with Crippen LogP contribution in [0.5, 0.6) is 0 Å². The van der Waals surface area contributed by atoms with Crippen molar-refractivity contribution in [2.45, 2.75) is 26.8 Å². The highest BCUT2D eigenvalue weighted by Gasteiger charge is 2.19. The highest BCUT2D eigenvalue weighted by atomic mass is 35.5. The highest BCUT2D eigenvalue weighted by molar-refractivity contribution is 6.30. The lowest BCUT2D eigenvalue weighted by atomic mass is 10.1. The third-order valence-electron chi connectivity index (χ3n) is 4.52. The van der Waals surface area contributed by atoms with Crippen LogP contribution in [0.3, 0.4) is 0 Å². The van der Waals surface area contributed by atoms with Gasteiger partial charge in [-0.3, -0.25) is 4.79 Å². The van der Waals surface area contributed by atoms with Crippen molar-refractivity contribution in [3.8, 4) is 0 Å². The van der Waals surface area contributed by atoms with Crippen LogP contribution in [0.25, 0.3) is 10.9 Å². The van der Waals surface area contributed by atoms with Gasteiger partial charge < -0.3 is 14.4 Å². The first kappa shape index (κ1) is 19.0. The van der Waals surface area contributed by atoms with E-state index in [1.54, 1.807) is 19.1 Å². The Balaban J connectivity index is 2.14. The summed E-state index contributed by atoms with van der Waals surface area (Å²) in [5.74, 6) is -1.33. The molecule has 0 radical (unpaired) electrons. The van der Waals surface area contributed by atoms with Crippen LogP contribution in [0.1, 0.15) is 34.1 Å². The summed E-state index contributed by atoms with van der Waals surface area (Å²) in [4.78, 5) is 23.5. The van der Waals surface area contributed by atoms with E-state index >= 15 is 0 Å². The Labute approximate surface area is 162 Å². The molecule has 0 aliphatic rings. The average molecular weight is 386 g/mol. The first-order chi connectivity index (χ1) is 12.9. The standard InChI is InChI=1S/C21H20ClNO4/c1-3-27-21(26)15-7-8-19-18(10-15)17(11-20(24)25)13(2)23(19)12-14-5-4-6-16(22)9-14/h4-10H,3,11-12H2,1-2H3,(H,24,25).